The van der Waals surface area contributed by atoms with E-state index in [4.69, 9.17) is 0 Å². The van der Waals surface area contributed by atoms with Crippen molar-refractivity contribution in [1.29, 1.82) is 0 Å². The van der Waals surface area contributed by atoms with Crippen molar-refractivity contribution in [2.45, 2.75) is 27.7 Å². The molecule has 0 aromatic carbocycles. The van der Waals surface area contributed by atoms with E-state index < -0.39 is 0 Å². The average molecular weight is 284 g/mol. The van der Waals surface area contributed by atoms with E-state index in [1.807, 2.05) is 59.4 Å². The second kappa shape index (κ2) is 8.74. The molecule has 0 saturated heterocycles. The minimum atomic E-state index is 0.909. The number of pyridine rings is 2. The van der Waals surface area contributed by atoms with Crippen LogP contribution in [0.25, 0.3) is 22.2 Å². The predicted octanol–water partition coefficient (Wildman–Crippen LogP) is 4.72. The molecule has 3 aromatic heterocycles. The molecule has 112 valence electrons. The molecule has 0 aliphatic heterocycles. The Labute approximate surface area is 126 Å². The van der Waals surface area contributed by atoms with Crippen LogP contribution in [0, 0.1) is 0 Å². The number of aromatic nitrogens is 3. The number of H-pyrrole nitrogens is 1. The Morgan fingerprint density at radius 2 is 1.67 bits per heavy atom. The highest BCUT2D eigenvalue weighted by Crippen LogP contribution is 2.23. The minimum absolute atomic E-state index is 0.909. The molecule has 0 atom stereocenters. The van der Waals surface area contributed by atoms with E-state index in [0.717, 1.165) is 27.8 Å². The molecule has 0 bridgehead atoms. The highest BCUT2D eigenvalue weighted by molar-refractivity contribution is 5.81. The van der Waals surface area contributed by atoms with Crippen LogP contribution >= 0.6 is 0 Å². The third-order valence-electron chi connectivity index (χ3n) is 2.76. The van der Waals surface area contributed by atoms with E-state index in [1.165, 1.54) is 0 Å². The lowest BCUT2D eigenvalue weighted by atomic mass is 10.1. The molecule has 21 heavy (non-hydrogen) atoms. The lowest BCUT2D eigenvalue weighted by Gasteiger charge is -2.04. The van der Waals surface area contributed by atoms with Gasteiger partial charge in [-0.2, -0.15) is 0 Å². The Hall–Kier alpha value is -2.36. The second-order valence-corrected chi connectivity index (χ2v) is 3.85. The van der Waals surface area contributed by atoms with Crippen LogP contribution in [0.15, 0.2) is 43.0 Å². The molecule has 0 radical (unpaired) electrons. The Kier molecular flexibility index (Phi) is 6.95. The molecule has 0 unspecified atom stereocenters. The lowest BCUT2D eigenvalue weighted by molar-refractivity contribution is 1.29. The van der Waals surface area contributed by atoms with Crippen LogP contribution in [0.3, 0.4) is 0 Å². The Bertz CT molecular complexity index is 658. The van der Waals surface area contributed by atoms with E-state index in [1.54, 1.807) is 6.20 Å². The van der Waals surface area contributed by atoms with Crippen molar-refractivity contribution in [3.05, 3.63) is 43.0 Å². The van der Waals surface area contributed by atoms with Gasteiger partial charge in [-0.05, 0) is 18.2 Å². The van der Waals surface area contributed by atoms with Gasteiger partial charge in [0.25, 0.3) is 0 Å². The van der Waals surface area contributed by atoms with Crippen LogP contribution < -0.4 is 5.32 Å². The molecular weight excluding hydrogens is 260 g/mol. The molecule has 0 aliphatic rings. The number of hydrogen-bond donors (Lipinski definition) is 2. The number of nitrogens with zero attached hydrogens (tertiary/aromatic N) is 2. The van der Waals surface area contributed by atoms with Crippen molar-refractivity contribution in [2.75, 3.05) is 12.4 Å². The molecule has 0 saturated carbocycles. The summed E-state index contributed by atoms with van der Waals surface area (Å²) in [6.45, 7) is 8.00. The number of nitrogens with one attached hydrogen (secondary N) is 2. The van der Waals surface area contributed by atoms with Crippen molar-refractivity contribution in [1.82, 2.24) is 15.0 Å². The van der Waals surface area contributed by atoms with Gasteiger partial charge < -0.3 is 10.3 Å². The van der Waals surface area contributed by atoms with Gasteiger partial charge in [-0.1, -0.05) is 27.7 Å². The van der Waals surface area contributed by atoms with E-state index in [9.17, 15) is 0 Å². The fourth-order valence-corrected chi connectivity index (χ4v) is 1.83. The van der Waals surface area contributed by atoms with Gasteiger partial charge in [-0.25, -0.2) is 4.98 Å². The van der Waals surface area contributed by atoms with Crippen molar-refractivity contribution in [2.24, 2.45) is 0 Å². The van der Waals surface area contributed by atoms with E-state index >= 15 is 0 Å². The number of aromatic amines is 1. The first kappa shape index (κ1) is 16.7. The molecule has 3 rings (SSSR count). The molecule has 4 heteroatoms. The van der Waals surface area contributed by atoms with Crippen LogP contribution in [-0.2, 0) is 0 Å². The Balaban J connectivity index is 0.000000510. The van der Waals surface area contributed by atoms with Crippen molar-refractivity contribution >= 4 is 16.7 Å². The van der Waals surface area contributed by atoms with Crippen LogP contribution in [0.2, 0.25) is 0 Å². The minimum Gasteiger partial charge on any atom is -0.387 e. The Morgan fingerprint density at radius 1 is 0.952 bits per heavy atom. The monoisotopic (exact) mass is 284 g/mol. The molecule has 3 aromatic rings. The summed E-state index contributed by atoms with van der Waals surface area (Å²) in [6.07, 6.45) is 7.39. The first-order valence-electron chi connectivity index (χ1n) is 7.43. The van der Waals surface area contributed by atoms with Gasteiger partial charge in [0.15, 0.2) is 0 Å². The summed E-state index contributed by atoms with van der Waals surface area (Å²) >= 11 is 0. The fraction of sp³-hybridized carbons (Fsp3) is 0.294. The number of hydrogen-bond acceptors (Lipinski definition) is 3. The number of fused-ring (bicyclic) bond motifs is 1. The zero-order valence-corrected chi connectivity index (χ0v) is 13.4. The van der Waals surface area contributed by atoms with Gasteiger partial charge in [0.2, 0.25) is 0 Å². The maximum Gasteiger partial charge on any atom is 0.137 e. The topological polar surface area (TPSA) is 53.6 Å². The molecule has 0 amide bonds. The van der Waals surface area contributed by atoms with Crippen molar-refractivity contribution in [3.63, 3.8) is 0 Å². The highest BCUT2D eigenvalue weighted by atomic mass is 14.8. The number of anilines is 1. The summed E-state index contributed by atoms with van der Waals surface area (Å²) in [5, 5.41) is 4.19. The average Bonchev–Trinajstić information content (AvgIpc) is 3.06. The summed E-state index contributed by atoms with van der Waals surface area (Å²) < 4.78 is 0. The summed E-state index contributed by atoms with van der Waals surface area (Å²) in [7, 11) is 1.88. The zero-order chi connectivity index (χ0) is 15.7. The third-order valence-corrected chi connectivity index (χ3v) is 2.76. The first-order chi connectivity index (χ1) is 10.4. The van der Waals surface area contributed by atoms with Gasteiger partial charge in [-0.15, -0.1) is 0 Å². The third kappa shape index (κ3) is 4.05. The van der Waals surface area contributed by atoms with Crippen molar-refractivity contribution < 1.29 is 0 Å². The van der Waals surface area contributed by atoms with Crippen LogP contribution in [0.4, 0.5) is 5.69 Å². The summed E-state index contributed by atoms with van der Waals surface area (Å²) in [5.41, 5.74) is 4.04. The first-order valence-corrected chi connectivity index (χ1v) is 7.43. The highest BCUT2D eigenvalue weighted by Gasteiger charge is 2.02. The van der Waals surface area contributed by atoms with Crippen molar-refractivity contribution in [3.8, 4) is 11.1 Å². The quantitative estimate of drug-likeness (QED) is 0.716. The van der Waals surface area contributed by atoms with Crippen LogP contribution in [0.5, 0.6) is 0 Å². The molecule has 3 heterocycles. The van der Waals surface area contributed by atoms with Gasteiger partial charge in [-0.3, -0.25) is 4.98 Å². The summed E-state index contributed by atoms with van der Waals surface area (Å²) in [4.78, 5) is 11.7. The smallest absolute Gasteiger partial charge is 0.137 e. The van der Waals surface area contributed by atoms with Gasteiger partial charge in [0, 0.05) is 48.3 Å². The largest absolute Gasteiger partial charge is 0.387 e. The van der Waals surface area contributed by atoms with Crippen LogP contribution in [0.1, 0.15) is 27.7 Å². The standard InChI is InChI=1S/C13H12N4.2C2H6/c1-14-12-5-11(6-15-8-12)10-4-9-2-3-16-13(9)17-7-10;2*1-2/h2-8,14H,1H3,(H,16,17);2*1-2H3. The van der Waals surface area contributed by atoms with Gasteiger partial charge >= 0.3 is 0 Å². The molecular formula is C17H24N4. The van der Waals surface area contributed by atoms with Gasteiger partial charge in [0.05, 0.1) is 5.69 Å². The van der Waals surface area contributed by atoms with E-state index in [-0.39, 0.29) is 0 Å². The van der Waals surface area contributed by atoms with E-state index in [2.05, 4.69) is 32.4 Å². The lowest BCUT2D eigenvalue weighted by Crippen LogP contribution is -1.90. The van der Waals surface area contributed by atoms with E-state index in [0.29, 0.717) is 0 Å². The molecule has 0 spiro atoms. The fourth-order valence-electron chi connectivity index (χ4n) is 1.83. The molecule has 0 fully saturated rings. The maximum absolute atomic E-state index is 4.37. The number of rotatable bonds is 2. The molecule has 0 aliphatic carbocycles. The predicted molar refractivity (Wildman–Crippen MR) is 91.6 cm³/mol. The normalized spacial score (nSPS) is 9.19. The molecule has 2 N–H and O–H groups in total. The summed E-state index contributed by atoms with van der Waals surface area (Å²) in [5.74, 6) is 0. The second-order valence-electron chi connectivity index (χ2n) is 3.85. The molecule has 4 nitrogen and oxygen atoms in total. The van der Waals surface area contributed by atoms with Crippen LogP contribution in [-0.4, -0.2) is 22.0 Å². The Morgan fingerprint density at radius 3 is 2.38 bits per heavy atom. The zero-order valence-electron chi connectivity index (χ0n) is 13.4. The SMILES string of the molecule is CC.CC.CNc1cncc(-c2cnc3[nH]ccc3c2)c1. The van der Waals surface area contributed by atoms with Gasteiger partial charge in [0.1, 0.15) is 5.65 Å². The summed E-state index contributed by atoms with van der Waals surface area (Å²) in [6, 6.07) is 6.18. The maximum atomic E-state index is 4.37.